The molecule has 0 saturated carbocycles. The SMILES string of the molecule is C[N+](C)([O-])c1ccnc2c1C1N=CN(N3CCCCCC3)C(=O)C1S2. The standard InChI is InChI=1S/C17H23N5O2S/c1-22(2,24)12-7-8-18-16-13(12)14-15(25-16)17(23)21(11-19-14)20-9-5-3-4-6-10-20/h7-8,11,14-15H,3-6,9-10H2,1-2H3. The summed E-state index contributed by atoms with van der Waals surface area (Å²) in [4.78, 5) is 22.2. The summed E-state index contributed by atoms with van der Waals surface area (Å²) in [5.74, 6) is 0.0482. The van der Waals surface area contributed by atoms with Crippen LogP contribution < -0.4 is 4.65 Å². The van der Waals surface area contributed by atoms with Gasteiger partial charge in [-0.15, -0.1) is 0 Å². The van der Waals surface area contributed by atoms with E-state index in [1.165, 1.54) is 24.6 Å². The summed E-state index contributed by atoms with van der Waals surface area (Å²) in [6.07, 6.45) is 7.94. The van der Waals surface area contributed by atoms with Crippen molar-refractivity contribution in [3.63, 3.8) is 0 Å². The first-order valence-corrected chi connectivity index (χ1v) is 9.67. The molecule has 4 rings (SSSR count). The number of quaternary nitrogens is 1. The van der Waals surface area contributed by atoms with Crippen LogP contribution in [0.25, 0.3) is 0 Å². The lowest BCUT2D eigenvalue weighted by Crippen LogP contribution is -2.52. The number of carbonyl (C=O) groups excluding carboxylic acids is 1. The molecule has 0 bridgehead atoms. The maximum atomic E-state index is 13.1. The minimum Gasteiger partial charge on any atom is -0.628 e. The lowest BCUT2D eigenvalue weighted by molar-refractivity contribution is -0.139. The molecule has 1 amide bonds. The van der Waals surface area contributed by atoms with E-state index in [9.17, 15) is 10.0 Å². The average Bonchev–Trinajstić information content (AvgIpc) is 2.75. The molecular formula is C17H23N5O2S. The molecule has 0 radical (unpaired) electrons. The number of hydrogen-bond donors (Lipinski definition) is 0. The molecule has 7 nitrogen and oxygen atoms in total. The Hall–Kier alpha value is -1.48. The smallest absolute Gasteiger partial charge is 0.258 e. The van der Waals surface area contributed by atoms with Gasteiger partial charge in [0.05, 0.1) is 19.7 Å². The molecule has 0 spiro atoms. The van der Waals surface area contributed by atoms with Crippen molar-refractivity contribution in [3.8, 4) is 0 Å². The molecule has 2 unspecified atom stereocenters. The maximum absolute atomic E-state index is 13.1. The van der Waals surface area contributed by atoms with Crippen molar-refractivity contribution >= 4 is 29.7 Å². The van der Waals surface area contributed by atoms with Gasteiger partial charge in [-0.1, -0.05) is 24.6 Å². The third kappa shape index (κ3) is 2.97. The number of hydrogen-bond acceptors (Lipinski definition) is 6. The van der Waals surface area contributed by atoms with Crippen LogP contribution in [-0.2, 0) is 4.79 Å². The third-order valence-corrected chi connectivity index (χ3v) is 6.29. The Morgan fingerprint density at radius 2 is 1.96 bits per heavy atom. The zero-order valence-electron chi connectivity index (χ0n) is 14.6. The number of carbonyl (C=O) groups is 1. The summed E-state index contributed by atoms with van der Waals surface area (Å²) in [5, 5.41) is 16.8. The zero-order chi connectivity index (χ0) is 17.6. The summed E-state index contributed by atoms with van der Waals surface area (Å²) >= 11 is 1.44. The highest BCUT2D eigenvalue weighted by atomic mass is 32.2. The first kappa shape index (κ1) is 17.0. The third-order valence-electron chi connectivity index (χ3n) is 5.02. The Balaban J connectivity index is 1.66. The summed E-state index contributed by atoms with van der Waals surface area (Å²) < 4.78 is -0.547. The number of aromatic nitrogens is 1. The van der Waals surface area contributed by atoms with Gasteiger partial charge in [-0.05, 0) is 12.8 Å². The minimum absolute atomic E-state index is 0.0482. The van der Waals surface area contributed by atoms with Crippen molar-refractivity contribution in [2.24, 2.45) is 4.99 Å². The number of hydrazine groups is 1. The van der Waals surface area contributed by atoms with Gasteiger partial charge < -0.3 is 9.85 Å². The van der Waals surface area contributed by atoms with Crippen molar-refractivity contribution in [2.45, 2.75) is 42.0 Å². The molecule has 0 aromatic carbocycles. The van der Waals surface area contributed by atoms with Crippen LogP contribution in [0.2, 0.25) is 0 Å². The van der Waals surface area contributed by atoms with Crippen molar-refractivity contribution in [2.75, 3.05) is 27.2 Å². The number of aliphatic imine (C=N–C) groups is 1. The minimum atomic E-state index is -0.547. The molecule has 8 heteroatoms. The molecule has 3 aliphatic heterocycles. The van der Waals surface area contributed by atoms with Crippen molar-refractivity contribution < 1.29 is 4.79 Å². The highest BCUT2D eigenvalue weighted by Gasteiger charge is 2.47. The van der Waals surface area contributed by atoms with Crippen LogP contribution in [0.5, 0.6) is 0 Å². The molecule has 1 saturated heterocycles. The summed E-state index contributed by atoms with van der Waals surface area (Å²) in [6, 6.07) is 1.43. The van der Waals surface area contributed by atoms with Crippen LogP contribution in [0, 0.1) is 5.21 Å². The fourth-order valence-corrected chi connectivity index (χ4v) is 5.02. The van der Waals surface area contributed by atoms with E-state index in [1.54, 1.807) is 37.7 Å². The van der Waals surface area contributed by atoms with E-state index in [-0.39, 0.29) is 17.2 Å². The predicted octanol–water partition coefficient (Wildman–Crippen LogP) is 2.32. The normalized spacial score (nSPS) is 27.2. The first-order chi connectivity index (χ1) is 12.0. The molecule has 1 aromatic heterocycles. The van der Waals surface area contributed by atoms with E-state index in [4.69, 9.17) is 0 Å². The second-order valence-electron chi connectivity index (χ2n) is 7.20. The van der Waals surface area contributed by atoms with Gasteiger partial charge in [-0.2, -0.15) is 0 Å². The van der Waals surface area contributed by atoms with E-state index in [1.807, 2.05) is 0 Å². The number of nitrogens with zero attached hydrogens (tertiary/aromatic N) is 5. The second-order valence-corrected chi connectivity index (χ2v) is 8.33. The topological polar surface area (TPSA) is 71.9 Å². The predicted molar refractivity (Wildman–Crippen MR) is 99.0 cm³/mol. The van der Waals surface area contributed by atoms with E-state index in [0.29, 0.717) is 5.69 Å². The second kappa shape index (κ2) is 6.35. The molecule has 4 heterocycles. The van der Waals surface area contributed by atoms with Crippen LogP contribution >= 0.6 is 11.8 Å². The summed E-state index contributed by atoms with van der Waals surface area (Å²) in [6.45, 7) is 1.78. The van der Waals surface area contributed by atoms with E-state index in [2.05, 4.69) is 15.0 Å². The number of rotatable bonds is 2. The van der Waals surface area contributed by atoms with Crippen LogP contribution in [0.4, 0.5) is 5.69 Å². The van der Waals surface area contributed by atoms with Gasteiger partial charge >= 0.3 is 0 Å². The quantitative estimate of drug-likeness (QED) is 0.597. The largest absolute Gasteiger partial charge is 0.628 e. The van der Waals surface area contributed by atoms with Gasteiger partial charge in [-0.3, -0.25) is 9.79 Å². The fourth-order valence-electron chi connectivity index (χ4n) is 3.76. The average molecular weight is 361 g/mol. The zero-order valence-corrected chi connectivity index (χ0v) is 15.4. The van der Waals surface area contributed by atoms with Gasteiger partial charge in [0.15, 0.2) is 0 Å². The number of fused-ring (bicyclic) bond motifs is 3. The van der Waals surface area contributed by atoms with Gasteiger partial charge in [0, 0.05) is 25.4 Å². The molecule has 0 N–H and O–H groups in total. The van der Waals surface area contributed by atoms with Crippen molar-refractivity contribution in [1.82, 2.24) is 19.6 Å². The van der Waals surface area contributed by atoms with Crippen molar-refractivity contribution in [1.29, 1.82) is 0 Å². The highest BCUT2D eigenvalue weighted by Crippen LogP contribution is 2.51. The molecule has 3 aliphatic rings. The Kier molecular flexibility index (Phi) is 4.31. The van der Waals surface area contributed by atoms with Gasteiger partial charge in [0.2, 0.25) is 0 Å². The molecular weight excluding hydrogens is 338 g/mol. The summed E-state index contributed by atoms with van der Waals surface area (Å²) in [5.41, 5.74) is 1.45. The van der Waals surface area contributed by atoms with Gasteiger partial charge in [-0.25, -0.2) is 15.0 Å². The molecule has 1 aromatic rings. The van der Waals surface area contributed by atoms with Crippen LogP contribution in [-0.4, -0.2) is 59.7 Å². The van der Waals surface area contributed by atoms with Crippen molar-refractivity contribution in [3.05, 3.63) is 23.0 Å². The lowest BCUT2D eigenvalue weighted by Gasteiger charge is -2.37. The Bertz CT molecular complexity index is 709. The molecule has 2 atom stereocenters. The molecule has 1 fully saturated rings. The Morgan fingerprint density at radius 3 is 2.64 bits per heavy atom. The number of hydroxylamine groups is 2. The maximum Gasteiger partial charge on any atom is 0.258 e. The molecule has 25 heavy (non-hydrogen) atoms. The molecule has 0 aliphatic carbocycles. The molecule has 134 valence electrons. The highest BCUT2D eigenvalue weighted by molar-refractivity contribution is 8.01. The van der Waals surface area contributed by atoms with Crippen LogP contribution in [0.3, 0.4) is 0 Å². The van der Waals surface area contributed by atoms with E-state index >= 15 is 0 Å². The van der Waals surface area contributed by atoms with Crippen LogP contribution in [0.1, 0.15) is 37.3 Å². The summed E-state index contributed by atoms with van der Waals surface area (Å²) in [7, 11) is 3.18. The Labute approximate surface area is 151 Å². The van der Waals surface area contributed by atoms with Gasteiger partial charge in [0.25, 0.3) is 5.91 Å². The Morgan fingerprint density at radius 1 is 1.24 bits per heavy atom. The lowest BCUT2D eigenvalue weighted by atomic mass is 10.0. The number of thioether (sulfide) groups is 1. The number of amides is 1. The first-order valence-electron chi connectivity index (χ1n) is 8.79. The number of pyridine rings is 1. The monoisotopic (exact) mass is 361 g/mol. The van der Waals surface area contributed by atoms with E-state index in [0.717, 1.165) is 36.5 Å². The van der Waals surface area contributed by atoms with Gasteiger partial charge in [0.1, 0.15) is 28.3 Å². The van der Waals surface area contributed by atoms with E-state index < -0.39 is 4.65 Å². The fraction of sp³-hybridized carbons (Fsp3) is 0.588. The van der Waals surface area contributed by atoms with Crippen LogP contribution in [0.15, 0.2) is 22.3 Å².